The summed E-state index contributed by atoms with van der Waals surface area (Å²) in [6.45, 7) is 2.70. The van der Waals surface area contributed by atoms with Gasteiger partial charge in [0, 0.05) is 31.2 Å². The first kappa shape index (κ1) is 21.1. The summed E-state index contributed by atoms with van der Waals surface area (Å²) >= 11 is 0. The van der Waals surface area contributed by atoms with Gasteiger partial charge in [0.25, 0.3) is 5.91 Å². The average Bonchev–Trinajstić information content (AvgIpc) is 2.74. The monoisotopic (exact) mass is 411 g/mol. The highest BCUT2D eigenvalue weighted by Crippen LogP contribution is 2.15. The molecule has 1 fully saturated rings. The number of amides is 1. The zero-order valence-corrected chi connectivity index (χ0v) is 17.0. The van der Waals surface area contributed by atoms with Gasteiger partial charge in [-0.1, -0.05) is 36.3 Å². The fourth-order valence-corrected chi connectivity index (χ4v) is 4.29. The van der Waals surface area contributed by atoms with Gasteiger partial charge in [-0.25, -0.2) is 8.42 Å². The molecule has 6 nitrogen and oxygen atoms in total. The van der Waals surface area contributed by atoms with Gasteiger partial charge in [-0.15, -0.1) is 6.42 Å². The van der Waals surface area contributed by atoms with Crippen molar-refractivity contribution in [3.8, 4) is 12.3 Å². The Morgan fingerprint density at radius 2 is 1.72 bits per heavy atom. The van der Waals surface area contributed by atoms with Crippen LogP contribution in [0.4, 0.5) is 0 Å². The summed E-state index contributed by atoms with van der Waals surface area (Å²) in [7, 11) is -3.65. The van der Waals surface area contributed by atoms with E-state index in [0.29, 0.717) is 5.56 Å². The molecule has 1 aliphatic heterocycles. The maximum atomic E-state index is 12.5. The van der Waals surface area contributed by atoms with Crippen molar-refractivity contribution in [3.05, 3.63) is 65.7 Å². The van der Waals surface area contributed by atoms with Crippen LogP contribution < -0.4 is 10.0 Å². The number of carbonyl (C=O) groups excluding carboxylic acids is 1. The highest BCUT2D eigenvalue weighted by Gasteiger charge is 2.21. The zero-order valence-electron chi connectivity index (χ0n) is 16.2. The van der Waals surface area contributed by atoms with Crippen LogP contribution >= 0.6 is 0 Å². The third-order valence-corrected chi connectivity index (χ3v) is 6.38. The van der Waals surface area contributed by atoms with Gasteiger partial charge in [0.15, 0.2) is 0 Å². The van der Waals surface area contributed by atoms with Crippen molar-refractivity contribution >= 4 is 15.9 Å². The molecule has 1 aliphatic rings. The molecule has 1 saturated heterocycles. The molecule has 152 valence electrons. The van der Waals surface area contributed by atoms with Crippen molar-refractivity contribution in [1.82, 2.24) is 14.9 Å². The number of hydrogen-bond acceptors (Lipinski definition) is 4. The molecule has 0 unspecified atom stereocenters. The lowest BCUT2D eigenvalue weighted by Crippen LogP contribution is -2.44. The van der Waals surface area contributed by atoms with E-state index >= 15 is 0 Å². The Bertz CT molecular complexity index is 959. The van der Waals surface area contributed by atoms with Crippen LogP contribution in [-0.2, 0) is 16.6 Å². The molecule has 0 bridgehead atoms. The highest BCUT2D eigenvalue weighted by molar-refractivity contribution is 7.89. The van der Waals surface area contributed by atoms with E-state index < -0.39 is 10.0 Å². The number of likely N-dealkylation sites (tertiary alicyclic amines) is 1. The molecule has 7 heteroatoms. The summed E-state index contributed by atoms with van der Waals surface area (Å²) in [5.74, 6) is 2.04. The van der Waals surface area contributed by atoms with Crippen molar-refractivity contribution in [1.29, 1.82) is 0 Å². The third kappa shape index (κ3) is 5.91. The van der Waals surface area contributed by atoms with Crippen molar-refractivity contribution in [2.75, 3.05) is 19.6 Å². The van der Waals surface area contributed by atoms with Crippen LogP contribution in [0, 0.1) is 12.3 Å². The zero-order chi connectivity index (χ0) is 20.7. The van der Waals surface area contributed by atoms with E-state index in [2.05, 4.69) is 33.0 Å². The summed E-state index contributed by atoms with van der Waals surface area (Å²) in [6.07, 6.45) is 6.86. The maximum Gasteiger partial charge on any atom is 0.251 e. The number of nitrogens with zero attached hydrogens (tertiary/aromatic N) is 1. The second-order valence-corrected chi connectivity index (χ2v) is 8.83. The minimum absolute atomic E-state index is 0.0759. The van der Waals surface area contributed by atoms with Gasteiger partial charge < -0.3 is 5.32 Å². The van der Waals surface area contributed by atoms with Crippen LogP contribution in [0.2, 0.25) is 0 Å². The van der Waals surface area contributed by atoms with Crippen LogP contribution in [0.1, 0.15) is 28.8 Å². The molecule has 1 amide bonds. The fraction of sp³-hybridized carbons (Fsp3) is 0.318. The quantitative estimate of drug-likeness (QED) is 0.683. The largest absolute Gasteiger partial charge is 0.349 e. The standard InChI is InChI=1S/C22H25N3O3S/c1-2-14-23-29(27,28)21-10-8-19(9-11-21)22(26)24-20-12-15-25(16-13-20)17-18-6-4-3-5-7-18/h1,3-11,20,23H,12-17H2,(H,24,26). The molecule has 29 heavy (non-hydrogen) atoms. The second kappa shape index (κ2) is 9.70. The van der Waals surface area contributed by atoms with E-state index in [1.165, 1.54) is 29.8 Å². The molecule has 2 N–H and O–H groups in total. The van der Waals surface area contributed by atoms with Gasteiger partial charge in [-0.3, -0.25) is 9.69 Å². The van der Waals surface area contributed by atoms with Crippen LogP contribution in [0.15, 0.2) is 59.5 Å². The number of carbonyl (C=O) groups is 1. The molecule has 0 spiro atoms. The minimum Gasteiger partial charge on any atom is -0.349 e. The molecule has 1 heterocycles. The normalized spacial score (nSPS) is 15.6. The van der Waals surface area contributed by atoms with Crippen molar-refractivity contribution < 1.29 is 13.2 Å². The Morgan fingerprint density at radius 3 is 2.34 bits per heavy atom. The van der Waals surface area contributed by atoms with Gasteiger partial charge in [0.2, 0.25) is 10.0 Å². The summed E-state index contributed by atoms with van der Waals surface area (Å²) in [5, 5.41) is 3.05. The average molecular weight is 412 g/mol. The molecule has 0 saturated carbocycles. The molecule has 0 radical (unpaired) electrons. The van der Waals surface area contributed by atoms with Crippen molar-refractivity contribution in [2.24, 2.45) is 0 Å². The summed E-state index contributed by atoms with van der Waals surface area (Å²) < 4.78 is 26.4. The number of rotatable bonds is 7. The number of piperidine rings is 1. The summed E-state index contributed by atoms with van der Waals surface area (Å²) in [4.78, 5) is 15.0. The Balaban J connectivity index is 1.50. The van der Waals surface area contributed by atoms with E-state index in [-0.39, 0.29) is 23.4 Å². The first-order valence-electron chi connectivity index (χ1n) is 9.58. The fourth-order valence-electron chi connectivity index (χ4n) is 3.35. The first-order chi connectivity index (χ1) is 14.0. The number of benzene rings is 2. The van der Waals surface area contributed by atoms with Crippen molar-refractivity contribution in [2.45, 2.75) is 30.3 Å². The molecule has 2 aromatic rings. The smallest absolute Gasteiger partial charge is 0.251 e. The molecule has 2 aromatic carbocycles. The predicted octanol–water partition coefficient (Wildman–Crippen LogP) is 1.99. The van der Waals surface area contributed by atoms with E-state index in [9.17, 15) is 13.2 Å². The van der Waals surface area contributed by atoms with Crippen LogP contribution in [0.3, 0.4) is 0 Å². The van der Waals surface area contributed by atoms with Gasteiger partial charge in [-0.05, 0) is 42.7 Å². The second-order valence-electron chi connectivity index (χ2n) is 7.06. The number of hydrogen-bond donors (Lipinski definition) is 2. The van der Waals surface area contributed by atoms with E-state index in [1.54, 1.807) is 0 Å². The number of terminal acetylenes is 1. The van der Waals surface area contributed by atoms with Gasteiger partial charge >= 0.3 is 0 Å². The van der Waals surface area contributed by atoms with Crippen LogP contribution in [0.25, 0.3) is 0 Å². The van der Waals surface area contributed by atoms with Gasteiger partial charge in [-0.2, -0.15) is 4.72 Å². The molecule has 0 aliphatic carbocycles. The Kier molecular flexibility index (Phi) is 7.04. The van der Waals surface area contributed by atoms with Gasteiger partial charge in [0.1, 0.15) is 0 Å². The summed E-state index contributed by atoms with van der Waals surface area (Å²) in [6, 6.07) is 16.3. The lowest BCUT2D eigenvalue weighted by molar-refractivity contribution is 0.0909. The predicted molar refractivity (Wildman–Crippen MR) is 113 cm³/mol. The summed E-state index contributed by atoms with van der Waals surface area (Å²) in [5.41, 5.74) is 1.73. The van der Waals surface area contributed by atoms with E-state index in [0.717, 1.165) is 32.5 Å². The van der Waals surface area contributed by atoms with Gasteiger partial charge in [0.05, 0.1) is 11.4 Å². The molecule has 0 atom stereocenters. The van der Waals surface area contributed by atoms with E-state index in [4.69, 9.17) is 6.42 Å². The Morgan fingerprint density at radius 1 is 1.07 bits per heavy atom. The molecule has 3 rings (SSSR count). The van der Waals surface area contributed by atoms with Crippen molar-refractivity contribution in [3.63, 3.8) is 0 Å². The minimum atomic E-state index is -3.65. The molecular formula is C22H25N3O3S. The first-order valence-corrected chi connectivity index (χ1v) is 11.1. The van der Waals surface area contributed by atoms with E-state index in [1.807, 2.05) is 18.2 Å². The Hall–Kier alpha value is -2.66. The SMILES string of the molecule is C#CCNS(=O)(=O)c1ccc(C(=O)NC2CCN(Cc3ccccc3)CC2)cc1. The lowest BCUT2D eigenvalue weighted by atomic mass is 10.0. The number of sulfonamides is 1. The Labute approximate surface area is 172 Å². The molecule has 0 aromatic heterocycles. The molecular weight excluding hydrogens is 386 g/mol. The highest BCUT2D eigenvalue weighted by atomic mass is 32.2. The lowest BCUT2D eigenvalue weighted by Gasteiger charge is -2.32. The number of nitrogens with one attached hydrogen (secondary N) is 2. The topological polar surface area (TPSA) is 78.5 Å². The van der Waals surface area contributed by atoms with Crippen LogP contribution in [-0.4, -0.2) is 44.9 Å². The third-order valence-electron chi connectivity index (χ3n) is 4.96. The maximum absolute atomic E-state index is 12.5. The van der Waals surface area contributed by atoms with Crippen LogP contribution in [0.5, 0.6) is 0 Å².